The second-order valence-electron chi connectivity index (χ2n) is 6.21. The van der Waals surface area contributed by atoms with Crippen molar-refractivity contribution < 1.29 is 19.5 Å². The van der Waals surface area contributed by atoms with Crippen LogP contribution in [0.3, 0.4) is 0 Å². The van der Waals surface area contributed by atoms with Gasteiger partial charge in [-0.3, -0.25) is 9.59 Å². The molecule has 0 radical (unpaired) electrons. The molecular formula is C21H23NO4S2. The number of aliphatic carboxylic acids is 1. The molecule has 0 aliphatic heterocycles. The van der Waals surface area contributed by atoms with Crippen molar-refractivity contribution in [2.24, 2.45) is 5.92 Å². The molecule has 0 unspecified atom stereocenters. The Morgan fingerprint density at radius 1 is 0.964 bits per heavy atom. The Balaban J connectivity index is 2.02. The molecule has 1 amide bonds. The highest BCUT2D eigenvalue weighted by atomic mass is 32.2. The maximum atomic E-state index is 12.8. The zero-order valence-corrected chi connectivity index (χ0v) is 17.2. The molecule has 28 heavy (non-hydrogen) atoms. The number of carbonyl (C=O) groups excluding carboxylic acids is 2. The fraction of sp³-hybridized carbons (Fsp3) is 0.286. The van der Waals surface area contributed by atoms with E-state index in [1.807, 2.05) is 60.7 Å². The number of hydrogen-bond donors (Lipinski definition) is 2. The quantitative estimate of drug-likeness (QED) is 0.576. The lowest BCUT2D eigenvalue weighted by Gasteiger charge is -2.20. The zero-order chi connectivity index (χ0) is 20.4. The van der Waals surface area contributed by atoms with E-state index in [1.165, 1.54) is 18.7 Å². The van der Waals surface area contributed by atoms with Crippen LogP contribution in [0.4, 0.5) is 0 Å². The van der Waals surface area contributed by atoms with Gasteiger partial charge in [0, 0.05) is 23.3 Å². The molecule has 2 rings (SSSR count). The van der Waals surface area contributed by atoms with E-state index in [9.17, 15) is 19.5 Å². The first-order valence-electron chi connectivity index (χ1n) is 8.84. The molecule has 0 aliphatic carbocycles. The van der Waals surface area contributed by atoms with Gasteiger partial charge < -0.3 is 10.4 Å². The first kappa shape index (κ1) is 22.0. The fourth-order valence-corrected chi connectivity index (χ4v) is 4.14. The van der Waals surface area contributed by atoms with E-state index in [4.69, 9.17) is 0 Å². The first-order chi connectivity index (χ1) is 13.5. The van der Waals surface area contributed by atoms with Crippen LogP contribution in [-0.2, 0) is 20.8 Å². The van der Waals surface area contributed by atoms with Crippen LogP contribution in [0.5, 0.6) is 0 Å². The first-order valence-corrected chi connectivity index (χ1v) is 10.8. The smallest absolute Gasteiger partial charge is 0.327 e. The minimum atomic E-state index is -1.07. The zero-order valence-electron chi connectivity index (χ0n) is 15.5. The molecular weight excluding hydrogens is 394 g/mol. The number of carbonyl (C=O) groups is 3. The molecule has 0 fully saturated rings. The minimum absolute atomic E-state index is 0.0692. The number of carboxylic acid groups (broad SMARTS) is 1. The second-order valence-corrected chi connectivity index (χ2v) is 8.50. The standard InChI is InChI=1S/C21H23NO4S2/c1-15(23)27-13-17(12-16-8-4-2-5-9-16)20(24)22-19(21(25)26)14-28-18-10-6-3-7-11-18/h2-11,17,19H,12-14H2,1H3,(H,22,24)(H,25,26)/t17-,19+/m1/s1. The predicted molar refractivity (Wildman–Crippen MR) is 114 cm³/mol. The summed E-state index contributed by atoms with van der Waals surface area (Å²) in [6, 6.07) is 17.9. The van der Waals surface area contributed by atoms with Crippen molar-refractivity contribution in [3.8, 4) is 0 Å². The van der Waals surface area contributed by atoms with E-state index in [1.54, 1.807) is 0 Å². The lowest BCUT2D eigenvalue weighted by Crippen LogP contribution is -2.46. The van der Waals surface area contributed by atoms with Gasteiger partial charge in [0.05, 0.1) is 5.92 Å². The molecule has 2 atom stereocenters. The fourth-order valence-electron chi connectivity index (χ4n) is 2.50. The van der Waals surface area contributed by atoms with Gasteiger partial charge in [0.2, 0.25) is 5.91 Å². The average Bonchev–Trinajstić information content (AvgIpc) is 2.69. The topological polar surface area (TPSA) is 83.5 Å². The van der Waals surface area contributed by atoms with Crippen LogP contribution in [0.2, 0.25) is 0 Å². The number of thioether (sulfide) groups is 2. The van der Waals surface area contributed by atoms with Crippen LogP contribution < -0.4 is 5.32 Å². The van der Waals surface area contributed by atoms with E-state index in [2.05, 4.69) is 5.32 Å². The molecule has 0 bridgehead atoms. The summed E-state index contributed by atoms with van der Waals surface area (Å²) in [5, 5.41) is 12.1. The van der Waals surface area contributed by atoms with Crippen molar-refractivity contribution >= 4 is 40.5 Å². The van der Waals surface area contributed by atoms with Crippen molar-refractivity contribution in [2.75, 3.05) is 11.5 Å². The Morgan fingerprint density at radius 3 is 2.14 bits per heavy atom. The summed E-state index contributed by atoms with van der Waals surface area (Å²) >= 11 is 2.46. The monoisotopic (exact) mass is 417 g/mol. The van der Waals surface area contributed by atoms with Gasteiger partial charge in [-0.1, -0.05) is 60.3 Å². The Bertz CT molecular complexity index is 784. The summed E-state index contributed by atoms with van der Waals surface area (Å²) in [5.74, 6) is -1.37. The molecule has 0 aromatic heterocycles. The summed E-state index contributed by atoms with van der Waals surface area (Å²) in [4.78, 5) is 36.7. The van der Waals surface area contributed by atoms with Crippen molar-refractivity contribution in [1.29, 1.82) is 0 Å². The highest BCUT2D eigenvalue weighted by Crippen LogP contribution is 2.19. The summed E-state index contributed by atoms with van der Waals surface area (Å²) in [5.41, 5.74) is 0.970. The molecule has 0 aliphatic rings. The highest BCUT2D eigenvalue weighted by Gasteiger charge is 2.26. The molecule has 2 aromatic rings. The van der Waals surface area contributed by atoms with Crippen LogP contribution in [-0.4, -0.2) is 39.6 Å². The van der Waals surface area contributed by atoms with Gasteiger partial charge in [0.1, 0.15) is 6.04 Å². The van der Waals surface area contributed by atoms with E-state index in [0.29, 0.717) is 12.2 Å². The number of amides is 1. The largest absolute Gasteiger partial charge is 0.480 e. The SMILES string of the molecule is CC(=O)SC[C@@H](Cc1ccccc1)C(=O)N[C@@H](CSc1ccccc1)C(=O)O. The summed E-state index contributed by atoms with van der Waals surface area (Å²) in [6.45, 7) is 1.46. The third-order valence-corrected chi connectivity index (χ3v) is 6.04. The molecule has 0 heterocycles. The lowest BCUT2D eigenvalue weighted by atomic mass is 10.00. The Hall–Kier alpha value is -2.25. The number of benzene rings is 2. The number of carboxylic acids is 1. The van der Waals surface area contributed by atoms with Gasteiger partial charge >= 0.3 is 5.97 Å². The predicted octanol–water partition coefficient (Wildman–Crippen LogP) is 3.49. The number of nitrogens with one attached hydrogen (secondary N) is 1. The van der Waals surface area contributed by atoms with Crippen LogP contribution >= 0.6 is 23.5 Å². The van der Waals surface area contributed by atoms with Gasteiger partial charge in [-0.25, -0.2) is 4.79 Å². The van der Waals surface area contributed by atoms with E-state index in [0.717, 1.165) is 22.2 Å². The summed E-state index contributed by atoms with van der Waals surface area (Å²) in [6.07, 6.45) is 0.450. The number of hydrogen-bond acceptors (Lipinski definition) is 5. The summed E-state index contributed by atoms with van der Waals surface area (Å²) in [7, 11) is 0. The third kappa shape index (κ3) is 7.78. The van der Waals surface area contributed by atoms with Gasteiger partial charge in [0.15, 0.2) is 5.12 Å². The Morgan fingerprint density at radius 2 is 1.57 bits per heavy atom. The van der Waals surface area contributed by atoms with Gasteiger partial charge in [0.25, 0.3) is 0 Å². The second kappa shape index (κ2) is 11.6. The molecule has 0 spiro atoms. The van der Waals surface area contributed by atoms with E-state index < -0.39 is 17.9 Å². The van der Waals surface area contributed by atoms with Gasteiger partial charge in [-0.2, -0.15) is 0 Å². The molecule has 148 valence electrons. The normalized spacial score (nSPS) is 12.8. The molecule has 0 saturated carbocycles. The minimum Gasteiger partial charge on any atom is -0.480 e. The van der Waals surface area contributed by atoms with E-state index >= 15 is 0 Å². The molecule has 5 nitrogen and oxygen atoms in total. The maximum Gasteiger partial charge on any atom is 0.327 e. The number of rotatable bonds is 10. The Labute approximate surface area is 173 Å². The Kier molecular flexibility index (Phi) is 9.10. The maximum absolute atomic E-state index is 12.8. The van der Waals surface area contributed by atoms with Crippen LogP contribution in [0, 0.1) is 5.92 Å². The molecule has 0 saturated heterocycles. The molecule has 2 N–H and O–H groups in total. The molecule has 2 aromatic carbocycles. The summed E-state index contributed by atoms with van der Waals surface area (Å²) < 4.78 is 0. The van der Waals surface area contributed by atoms with Gasteiger partial charge in [-0.05, 0) is 24.1 Å². The lowest BCUT2D eigenvalue weighted by molar-refractivity contribution is -0.141. The van der Waals surface area contributed by atoms with Crippen LogP contribution in [0.25, 0.3) is 0 Å². The van der Waals surface area contributed by atoms with Crippen molar-refractivity contribution in [1.82, 2.24) is 5.32 Å². The van der Waals surface area contributed by atoms with E-state index in [-0.39, 0.29) is 16.8 Å². The van der Waals surface area contributed by atoms with Crippen molar-refractivity contribution in [3.05, 3.63) is 66.2 Å². The molecule has 7 heteroatoms. The third-order valence-electron chi connectivity index (χ3n) is 3.96. The van der Waals surface area contributed by atoms with Crippen molar-refractivity contribution in [2.45, 2.75) is 24.3 Å². The van der Waals surface area contributed by atoms with Gasteiger partial charge in [-0.15, -0.1) is 11.8 Å². The van der Waals surface area contributed by atoms with Crippen LogP contribution in [0.1, 0.15) is 12.5 Å². The van der Waals surface area contributed by atoms with Crippen LogP contribution in [0.15, 0.2) is 65.6 Å². The highest BCUT2D eigenvalue weighted by molar-refractivity contribution is 8.13. The van der Waals surface area contributed by atoms with Crippen molar-refractivity contribution in [3.63, 3.8) is 0 Å². The average molecular weight is 418 g/mol.